The third-order valence-electron chi connectivity index (χ3n) is 3.89. The minimum atomic E-state index is -4.10. The number of rotatable bonds is 5. The Bertz CT molecular complexity index is 532. The predicted molar refractivity (Wildman–Crippen MR) is 88.8 cm³/mol. The van der Waals surface area contributed by atoms with Crippen molar-refractivity contribution in [1.82, 2.24) is 0 Å². The zero-order chi connectivity index (χ0) is 14.6. The van der Waals surface area contributed by atoms with Gasteiger partial charge in [-0.05, 0) is 30.5 Å². The van der Waals surface area contributed by atoms with Crippen LogP contribution in [0.3, 0.4) is 0 Å². The second-order valence-corrected chi connectivity index (χ2v) is 8.86. The molecular weight excluding hydrogens is 315 g/mol. The van der Waals surface area contributed by atoms with Crippen LogP contribution in [0.5, 0.6) is 0 Å². The molecule has 2 atom stereocenters. The number of hydrogen-bond donors (Lipinski definition) is 1. The van der Waals surface area contributed by atoms with E-state index < -0.39 is 10.1 Å². The molecule has 0 aromatic heterocycles. The van der Waals surface area contributed by atoms with Crippen LogP contribution in [-0.2, 0) is 14.9 Å². The molecule has 4 nitrogen and oxygen atoms in total. The summed E-state index contributed by atoms with van der Waals surface area (Å²) < 4.78 is 37.1. The summed E-state index contributed by atoms with van der Waals surface area (Å²) in [6.45, 7) is 3.05. The van der Waals surface area contributed by atoms with E-state index >= 15 is 0 Å². The Morgan fingerprint density at radius 1 is 1.33 bits per heavy atom. The summed E-state index contributed by atoms with van der Waals surface area (Å²) in [4.78, 5) is -0.0414. The average Bonchev–Trinajstić information content (AvgIpc) is 2.45. The van der Waals surface area contributed by atoms with Crippen LogP contribution in [0.25, 0.3) is 0 Å². The molecule has 7 heteroatoms. The number of benzene rings is 1. The van der Waals surface area contributed by atoms with Gasteiger partial charge < -0.3 is 4.74 Å². The van der Waals surface area contributed by atoms with Crippen LogP contribution in [0.1, 0.15) is 37.7 Å². The third kappa shape index (κ3) is 5.46. The van der Waals surface area contributed by atoms with Crippen molar-refractivity contribution in [2.45, 2.75) is 48.8 Å². The summed E-state index contributed by atoms with van der Waals surface area (Å²) in [7, 11) is -4.35. The van der Waals surface area contributed by atoms with Crippen molar-refractivity contribution in [2.24, 2.45) is 0 Å². The molecule has 1 N–H and O–H groups in total. The number of ether oxygens (including phenoxy) is 1. The second-order valence-electron chi connectivity index (χ2n) is 5.34. The van der Waals surface area contributed by atoms with Gasteiger partial charge >= 0.3 is 29.6 Å². The molecule has 1 saturated heterocycles. The minimum absolute atomic E-state index is 0. The van der Waals surface area contributed by atoms with Crippen molar-refractivity contribution >= 4 is 49.2 Å². The van der Waals surface area contributed by atoms with E-state index in [1.54, 1.807) is 0 Å². The maximum absolute atomic E-state index is 11.1. The fourth-order valence-corrected chi connectivity index (χ4v) is 5.33. The van der Waals surface area contributed by atoms with E-state index in [0.717, 1.165) is 25.0 Å². The van der Waals surface area contributed by atoms with Crippen molar-refractivity contribution in [2.75, 3.05) is 6.61 Å². The molecule has 0 spiro atoms. The molecule has 1 aromatic carbocycles. The van der Waals surface area contributed by atoms with Gasteiger partial charge in [-0.15, -0.1) is 0 Å². The van der Waals surface area contributed by atoms with E-state index in [2.05, 4.69) is 6.92 Å². The molecule has 2 unspecified atom stereocenters. The van der Waals surface area contributed by atoms with Gasteiger partial charge in [-0.2, -0.15) is 8.42 Å². The molecule has 0 aliphatic carbocycles. The van der Waals surface area contributed by atoms with Crippen LogP contribution >= 0.6 is 0 Å². The van der Waals surface area contributed by atoms with Crippen molar-refractivity contribution < 1.29 is 17.7 Å². The zero-order valence-electron chi connectivity index (χ0n) is 11.8. The molecule has 21 heavy (non-hydrogen) atoms. The molecule has 1 aliphatic rings. The van der Waals surface area contributed by atoms with Crippen LogP contribution in [0, 0.1) is 0 Å². The van der Waals surface area contributed by atoms with Crippen molar-refractivity contribution in [3.63, 3.8) is 0 Å². The first kappa shape index (κ1) is 19.4. The van der Waals surface area contributed by atoms with E-state index in [9.17, 15) is 8.42 Å². The number of hydrogen-bond acceptors (Lipinski definition) is 3. The quantitative estimate of drug-likeness (QED) is 0.653. The molecular formula is C14H23NaO4SSi. The second kappa shape index (κ2) is 8.81. The summed E-state index contributed by atoms with van der Waals surface area (Å²) >= 11 is 0. The Hall–Kier alpha value is 0.307. The van der Waals surface area contributed by atoms with Gasteiger partial charge in [0.05, 0.1) is 14.4 Å². The summed E-state index contributed by atoms with van der Waals surface area (Å²) in [6.07, 6.45) is 3.37. The van der Waals surface area contributed by atoms with Crippen LogP contribution in [0.15, 0.2) is 29.2 Å². The maximum atomic E-state index is 11.1. The monoisotopic (exact) mass is 338 g/mol. The van der Waals surface area contributed by atoms with E-state index in [1.807, 2.05) is 12.1 Å². The zero-order valence-corrected chi connectivity index (χ0v) is 14.0. The van der Waals surface area contributed by atoms with E-state index in [0.29, 0.717) is 11.6 Å². The van der Waals surface area contributed by atoms with Crippen LogP contribution in [0.2, 0.25) is 6.04 Å². The van der Waals surface area contributed by atoms with Crippen molar-refractivity contribution in [3.8, 4) is 0 Å². The standard InChI is InChI=1S/C14H22O4SSi.Na.H/c1-2-10-20-14-13(4-3-9-18-14)11-5-7-12(8-6-11)19(15,16)17;;/h5-8,13-14H,2-4,9-10,20H2,1H3,(H,15,16,17);;. The molecule has 0 amide bonds. The molecule has 1 fully saturated rings. The third-order valence-corrected chi connectivity index (χ3v) is 7.25. The van der Waals surface area contributed by atoms with Gasteiger partial charge in [0.1, 0.15) is 0 Å². The fraction of sp³-hybridized carbons (Fsp3) is 0.571. The van der Waals surface area contributed by atoms with E-state index in [1.165, 1.54) is 24.6 Å². The fourth-order valence-electron chi connectivity index (χ4n) is 2.80. The molecule has 114 valence electrons. The average molecular weight is 338 g/mol. The van der Waals surface area contributed by atoms with Gasteiger partial charge in [0.25, 0.3) is 10.1 Å². The van der Waals surface area contributed by atoms with Crippen LogP contribution in [-0.4, -0.2) is 64.4 Å². The van der Waals surface area contributed by atoms with Crippen molar-refractivity contribution in [3.05, 3.63) is 29.8 Å². The van der Waals surface area contributed by atoms with Crippen molar-refractivity contribution in [1.29, 1.82) is 0 Å². The summed E-state index contributed by atoms with van der Waals surface area (Å²) in [5.41, 5.74) is 1.49. The van der Waals surface area contributed by atoms with Gasteiger partial charge in [0.15, 0.2) is 0 Å². The first-order chi connectivity index (χ1) is 9.52. The molecule has 0 saturated carbocycles. The Morgan fingerprint density at radius 3 is 2.57 bits per heavy atom. The van der Waals surface area contributed by atoms with Gasteiger partial charge in [-0.1, -0.05) is 31.5 Å². The summed E-state index contributed by atoms with van der Waals surface area (Å²) in [5, 5.41) is 0. The Morgan fingerprint density at radius 2 is 2.00 bits per heavy atom. The Labute approximate surface area is 151 Å². The first-order valence-corrected chi connectivity index (χ1v) is 10.5. The Kier molecular flexibility index (Phi) is 8.12. The van der Waals surface area contributed by atoms with Gasteiger partial charge in [0.2, 0.25) is 0 Å². The molecule has 0 radical (unpaired) electrons. The summed E-state index contributed by atoms with van der Waals surface area (Å²) in [6, 6.07) is 7.88. The normalized spacial score (nSPS) is 23.1. The molecule has 1 heterocycles. The van der Waals surface area contributed by atoms with Gasteiger partial charge in [-0.3, -0.25) is 4.55 Å². The Balaban J connectivity index is 0.00000220. The molecule has 0 bridgehead atoms. The van der Waals surface area contributed by atoms with Crippen LogP contribution in [0.4, 0.5) is 0 Å². The molecule has 1 aliphatic heterocycles. The van der Waals surface area contributed by atoms with Gasteiger partial charge in [0, 0.05) is 18.3 Å². The van der Waals surface area contributed by atoms with Gasteiger partial charge in [-0.25, -0.2) is 0 Å². The topological polar surface area (TPSA) is 63.6 Å². The van der Waals surface area contributed by atoms with Crippen LogP contribution < -0.4 is 0 Å². The molecule has 2 rings (SSSR count). The first-order valence-electron chi connectivity index (χ1n) is 7.21. The summed E-state index contributed by atoms with van der Waals surface area (Å²) in [5.74, 6) is 0.386. The van der Waals surface area contributed by atoms with E-state index in [-0.39, 0.29) is 44.0 Å². The SMILES string of the molecule is CCC[SiH2]C1OCCCC1c1ccc(S(=O)(=O)O)cc1.[NaH]. The molecule has 1 aromatic rings. The predicted octanol–water partition coefficient (Wildman–Crippen LogP) is 1.50. The van der Waals surface area contributed by atoms with E-state index in [4.69, 9.17) is 9.29 Å².